The summed E-state index contributed by atoms with van der Waals surface area (Å²) in [5.74, 6) is -0.230. The van der Waals surface area contributed by atoms with Crippen molar-refractivity contribution in [2.45, 2.75) is 18.9 Å². The monoisotopic (exact) mass is 373 g/mol. The van der Waals surface area contributed by atoms with E-state index in [0.717, 1.165) is 15.6 Å². The fourth-order valence-electron chi connectivity index (χ4n) is 2.71. The third-order valence-corrected chi connectivity index (χ3v) is 4.28. The first-order valence-corrected chi connectivity index (χ1v) is 8.20. The van der Waals surface area contributed by atoms with Gasteiger partial charge in [0.2, 0.25) is 5.91 Å². The van der Waals surface area contributed by atoms with Crippen LogP contribution in [0.1, 0.15) is 11.1 Å². The fraction of sp³-hybridized carbons (Fsp3) is 0.222. The Kier molecular flexibility index (Phi) is 4.76. The van der Waals surface area contributed by atoms with Gasteiger partial charge in [-0.25, -0.2) is 9.69 Å². The molecule has 0 radical (unpaired) electrons. The second-order valence-corrected chi connectivity index (χ2v) is 6.41. The molecule has 1 aliphatic heterocycles. The van der Waals surface area contributed by atoms with Crippen LogP contribution in [0.25, 0.3) is 0 Å². The van der Waals surface area contributed by atoms with Gasteiger partial charge in [0.25, 0.3) is 0 Å². The minimum atomic E-state index is -0.550. The van der Waals surface area contributed by atoms with Crippen LogP contribution in [0.5, 0.6) is 0 Å². The Bertz CT molecular complexity index is 717. The summed E-state index contributed by atoms with van der Waals surface area (Å²) in [7, 11) is 0. The number of imide groups is 1. The topological polar surface area (TPSA) is 46.6 Å². The van der Waals surface area contributed by atoms with Crippen LogP contribution in [0, 0.1) is 0 Å². The Balaban J connectivity index is 1.73. The van der Waals surface area contributed by atoms with Gasteiger partial charge in [0.15, 0.2) is 0 Å². The van der Waals surface area contributed by atoms with Crippen LogP contribution >= 0.6 is 15.9 Å². The van der Waals surface area contributed by atoms with Crippen LogP contribution in [0.3, 0.4) is 0 Å². The van der Waals surface area contributed by atoms with E-state index in [-0.39, 0.29) is 25.0 Å². The molecule has 0 saturated carbocycles. The first-order chi connectivity index (χ1) is 11.1. The Morgan fingerprint density at radius 1 is 1.13 bits per heavy atom. The summed E-state index contributed by atoms with van der Waals surface area (Å²) < 4.78 is 6.00. The van der Waals surface area contributed by atoms with Crippen molar-refractivity contribution in [3.63, 3.8) is 0 Å². The van der Waals surface area contributed by atoms with Crippen LogP contribution in [0.2, 0.25) is 0 Å². The average Bonchev–Trinajstić information content (AvgIpc) is 2.89. The molecule has 2 aromatic carbocycles. The van der Waals surface area contributed by atoms with Crippen LogP contribution in [0.15, 0.2) is 59.1 Å². The van der Waals surface area contributed by atoms with Crippen molar-refractivity contribution >= 4 is 27.9 Å². The molecule has 118 valence electrons. The summed E-state index contributed by atoms with van der Waals surface area (Å²) >= 11 is 3.39. The fourth-order valence-corrected chi connectivity index (χ4v) is 3.16. The van der Waals surface area contributed by atoms with E-state index in [9.17, 15) is 9.59 Å². The molecule has 5 heteroatoms. The number of hydrogen-bond donors (Lipinski definition) is 0. The molecule has 23 heavy (non-hydrogen) atoms. The normalized spacial score (nSPS) is 17.2. The van der Waals surface area contributed by atoms with Crippen molar-refractivity contribution in [2.24, 2.45) is 0 Å². The predicted molar refractivity (Wildman–Crippen MR) is 90.0 cm³/mol. The van der Waals surface area contributed by atoms with E-state index in [1.165, 1.54) is 4.90 Å². The molecule has 4 nitrogen and oxygen atoms in total. The minimum Gasteiger partial charge on any atom is -0.447 e. The number of carbonyl (C=O) groups excluding carboxylic acids is 2. The van der Waals surface area contributed by atoms with Crippen molar-refractivity contribution in [2.75, 3.05) is 6.61 Å². The van der Waals surface area contributed by atoms with Crippen molar-refractivity contribution in [1.29, 1.82) is 0 Å². The van der Waals surface area contributed by atoms with Gasteiger partial charge in [-0.15, -0.1) is 0 Å². The van der Waals surface area contributed by atoms with Crippen LogP contribution < -0.4 is 0 Å². The highest BCUT2D eigenvalue weighted by molar-refractivity contribution is 9.10. The number of hydrogen-bond acceptors (Lipinski definition) is 3. The van der Waals surface area contributed by atoms with Crippen molar-refractivity contribution in [3.8, 4) is 0 Å². The molecular formula is C18H16BrNO3. The Hall–Kier alpha value is -2.14. The maximum Gasteiger partial charge on any atom is 0.416 e. The van der Waals surface area contributed by atoms with Crippen LogP contribution in [0.4, 0.5) is 4.79 Å². The first kappa shape index (κ1) is 15.7. The maximum absolute atomic E-state index is 12.5. The van der Waals surface area contributed by atoms with Gasteiger partial charge in [-0.05, 0) is 29.7 Å². The Labute approximate surface area is 143 Å². The summed E-state index contributed by atoms with van der Waals surface area (Å²) in [5, 5.41) is 0. The van der Waals surface area contributed by atoms with Gasteiger partial charge in [-0.3, -0.25) is 4.79 Å². The van der Waals surface area contributed by atoms with Gasteiger partial charge >= 0.3 is 6.09 Å². The summed E-state index contributed by atoms with van der Waals surface area (Å²) in [6.07, 6.45) is 0.238. The van der Waals surface area contributed by atoms with E-state index in [2.05, 4.69) is 15.9 Å². The van der Waals surface area contributed by atoms with Crippen molar-refractivity contribution in [3.05, 3.63) is 70.2 Å². The second kappa shape index (κ2) is 6.96. The molecule has 0 bridgehead atoms. The number of rotatable bonds is 4. The van der Waals surface area contributed by atoms with E-state index < -0.39 is 6.09 Å². The molecule has 1 aliphatic rings. The highest BCUT2D eigenvalue weighted by atomic mass is 79.9. The van der Waals surface area contributed by atoms with Crippen LogP contribution in [-0.4, -0.2) is 29.5 Å². The van der Waals surface area contributed by atoms with Gasteiger partial charge in [0, 0.05) is 4.47 Å². The molecule has 1 fully saturated rings. The van der Waals surface area contributed by atoms with E-state index in [1.807, 2.05) is 54.6 Å². The zero-order valence-electron chi connectivity index (χ0n) is 12.4. The lowest BCUT2D eigenvalue weighted by atomic mass is 10.0. The van der Waals surface area contributed by atoms with E-state index in [1.54, 1.807) is 0 Å². The first-order valence-electron chi connectivity index (χ1n) is 7.40. The molecule has 2 aromatic rings. The molecule has 0 aliphatic carbocycles. The molecule has 0 unspecified atom stereocenters. The minimum absolute atomic E-state index is 0.180. The summed E-state index contributed by atoms with van der Waals surface area (Å²) in [4.78, 5) is 25.8. The number of benzene rings is 2. The molecule has 3 rings (SSSR count). The van der Waals surface area contributed by atoms with Crippen LogP contribution in [-0.2, 0) is 22.4 Å². The largest absolute Gasteiger partial charge is 0.447 e. The number of halogens is 1. The molecule has 1 saturated heterocycles. The number of cyclic esters (lactones) is 1. The molecular weight excluding hydrogens is 358 g/mol. The zero-order valence-corrected chi connectivity index (χ0v) is 14.0. The Morgan fingerprint density at radius 2 is 1.87 bits per heavy atom. The maximum atomic E-state index is 12.5. The van der Waals surface area contributed by atoms with Gasteiger partial charge in [-0.2, -0.15) is 0 Å². The van der Waals surface area contributed by atoms with Gasteiger partial charge in [-0.1, -0.05) is 58.4 Å². The molecule has 2 amide bonds. The summed E-state index contributed by atoms with van der Waals surface area (Å²) in [6, 6.07) is 17.1. The lowest BCUT2D eigenvalue weighted by Crippen LogP contribution is -2.41. The Morgan fingerprint density at radius 3 is 2.61 bits per heavy atom. The highest BCUT2D eigenvalue weighted by Gasteiger charge is 2.37. The highest BCUT2D eigenvalue weighted by Crippen LogP contribution is 2.20. The smallest absolute Gasteiger partial charge is 0.416 e. The van der Waals surface area contributed by atoms with Crippen molar-refractivity contribution in [1.82, 2.24) is 4.90 Å². The molecule has 1 heterocycles. The van der Waals surface area contributed by atoms with Gasteiger partial charge in [0.05, 0.1) is 12.5 Å². The third-order valence-electron chi connectivity index (χ3n) is 3.79. The van der Waals surface area contributed by atoms with E-state index >= 15 is 0 Å². The SMILES string of the molecule is O=C(Cc1cccc(Br)c1)N1C(=O)OC[C@H]1Cc1ccccc1. The molecule has 0 N–H and O–H groups in total. The number of amides is 2. The quantitative estimate of drug-likeness (QED) is 0.822. The molecule has 0 spiro atoms. The number of nitrogens with zero attached hydrogens (tertiary/aromatic N) is 1. The van der Waals surface area contributed by atoms with E-state index in [4.69, 9.17) is 4.74 Å². The zero-order chi connectivity index (χ0) is 16.2. The van der Waals surface area contributed by atoms with Crippen molar-refractivity contribution < 1.29 is 14.3 Å². The predicted octanol–water partition coefficient (Wildman–Crippen LogP) is 3.58. The van der Waals surface area contributed by atoms with Gasteiger partial charge in [0.1, 0.15) is 6.61 Å². The lowest BCUT2D eigenvalue weighted by Gasteiger charge is -2.19. The summed E-state index contributed by atoms with van der Waals surface area (Å²) in [5.41, 5.74) is 1.94. The molecule has 0 aromatic heterocycles. The lowest BCUT2D eigenvalue weighted by molar-refractivity contribution is -0.128. The standard InChI is InChI=1S/C18H16BrNO3/c19-15-8-4-7-14(9-15)11-17(21)20-16(12-23-18(20)22)10-13-5-2-1-3-6-13/h1-9,16H,10-12H2/t16-/m1/s1. The third kappa shape index (κ3) is 3.79. The van der Waals surface area contributed by atoms with Gasteiger partial charge < -0.3 is 4.74 Å². The second-order valence-electron chi connectivity index (χ2n) is 5.49. The number of ether oxygens (including phenoxy) is 1. The number of carbonyl (C=O) groups is 2. The van der Waals surface area contributed by atoms with E-state index in [0.29, 0.717) is 6.42 Å². The summed E-state index contributed by atoms with van der Waals surface area (Å²) in [6.45, 7) is 0.248. The molecule has 1 atom stereocenters. The average molecular weight is 374 g/mol.